The average Bonchev–Trinajstić information content (AvgIpc) is 2.32. The van der Waals surface area contributed by atoms with Crippen LogP contribution in [0.3, 0.4) is 0 Å². The van der Waals surface area contributed by atoms with E-state index in [1.54, 1.807) is 12.1 Å². The van der Waals surface area contributed by atoms with Crippen molar-refractivity contribution in [1.82, 2.24) is 9.88 Å². The summed E-state index contributed by atoms with van der Waals surface area (Å²) < 4.78 is 5.46. The minimum Gasteiger partial charge on any atom is -0.378 e. The summed E-state index contributed by atoms with van der Waals surface area (Å²) in [5, 5.41) is 12.0. The maximum Gasteiger partial charge on any atom is 0.127 e. The fourth-order valence-corrected chi connectivity index (χ4v) is 1.42. The van der Waals surface area contributed by atoms with Crippen molar-refractivity contribution in [2.75, 3.05) is 45.7 Å². The van der Waals surface area contributed by atoms with Crippen LogP contribution in [0.5, 0.6) is 0 Å². The zero-order chi connectivity index (χ0) is 13.4. The van der Waals surface area contributed by atoms with Gasteiger partial charge in [-0.15, -0.1) is 0 Å². The van der Waals surface area contributed by atoms with E-state index in [0.717, 1.165) is 24.7 Å². The smallest absolute Gasteiger partial charge is 0.127 e. The Morgan fingerprint density at radius 2 is 2.17 bits per heavy atom. The Morgan fingerprint density at radius 3 is 2.83 bits per heavy atom. The molecule has 0 atom stereocenters. The summed E-state index contributed by atoms with van der Waals surface area (Å²) in [5.74, 6) is 0.725. The number of likely N-dealkylation sites (N-methyl/N-ethyl adjacent to an activating group) is 1. The average molecular weight is 248 g/mol. The third kappa shape index (κ3) is 5.62. The third-order valence-corrected chi connectivity index (χ3v) is 2.32. The molecular formula is C13H20N4O. The maximum absolute atomic E-state index is 8.85. The van der Waals surface area contributed by atoms with E-state index in [4.69, 9.17) is 10.00 Å². The second-order valence-electron chi connectivity index (χ2n) is 4.34. The molecule has 0 unspecified atom stereocenters. The number of hydrogen-bond acceptors (Lipinski definition) is 5. The number of anilines is 1. The second kappa shape index (κ2) is 7.64. The zero-order valence-electron chi connectivity index (χ0n) is 11.2. The number of aromatic nitrogens is 1. The number of nitriles is 1. The molecule has 0 saturated carbocycles. The monoisotopic (exact) mass is 248 g/mol. The first kappa shape index (κ1) is 14.4. The van der Waals surface area contributed by atoms with Crippen molar-refractivity contribution in [3.05, 3.63) is 23.4 Å². The van der Waals surface area contributed by atoms with Crippen LogP contribution in [-0.4, -0.2) is 50.3 Å². The molecule has 0 aliphatic rings. The van der Waals surface area contributed by atoms with Gasteiger partial charge in [0.25, 0.3) is 0 Å². The van der Waals surface area contributed by atoms with Crippen LogP contribution in [0.15, 0.2) is 12.1 Å². The quantitative estimate of drug-likeness (QED) is 0.736. The Hall–Kier alpha value is -1.64. The van der Waals surface area contributed by atoms with Crippen LogP contribution in [0.25, 0.3) is 0 Å². The van der Waals surface area contributed by atoms with Crippen LogP contribution in [-0.2, 0) is 4.74 Å². The van der Waals surface area contributed by atoms with E-state index in [1.165, 1.54) is 0 Å². The van der Waals surface area contributed by atoms with E-state index >= 15 is 0 Å². The first-order chi connectivity index (χ1) is 8.61. The van der Waals surface area contributed by atoms with Gasteiger partial charge in [0.1, 0.15) is 5.82 Å². The van der Waals surface area contributed by atoms with Gasteiger partial charge in [0.2, 0.25) is 0 Å². The number of nitrogens with zero attached hydrogens (tertiary/aromatic N) is 3. The first-order valence-corrected chi connectivity index (χ1v) is 5.97. The molecule has 5 nitrogen and oxygen atoms in total. The number of nitrogens with one attached hydrogen (secondary N) is 1. The summed E-state index contributed by atoms with van der Waals surface area (Å²) in [6, 6.07) is 5.62. The van der Waals surface area contributed by atoms with Crippen LogP contribution in [0, 0.1) is 18.3 Å². The van der Waals surface area contributed by atoms with E-state index in [9.17, 15) is 0 Å². The Bertz CT molecular complexity index is 412. The van der Waals surface area contributed by atoms with Crippen molar-refractivity contribution in [2.24, 2.45) is 0 Å². The summed E-state index contributed by atoms with van der Waals surface area (Å²) in [7, 11) is 4.03. The molecule has 18 heavy (non-hydrogen) atoms. The maximum atomic E-state index is 8.85. The Labute approximate surface area is 108 Å². The van der Waals surface area contributed by atoms with Crippen LogP contribution in [0.2, 0.25) is 0 Å². The Morgan fingerprint density at radius 1 is 1.39 bits per heavy atom. The fourth-order valence-electron chi connectivity index (χ4n) is 1.42. The molecule has 0 bridgehead atoms. The van der Waals surface area contributed by atoms with Crippen molar-refractivity contribution in [1.29, 1.82) is 5.26 Å². The second-order valence-corrected chi connectivity index (χ2v) is 4.34. The molecule has 98 valence electrons. The highest BCUT2D eigenvalue weighted by Gasteiger charge is 1.99. The molecule has 0 aromatic carbocycles. The molecule has 5 heteroatoms. The summed E-state index contributed by atoms with van der Waals surface area (Å²) in [4.78, 5) is 6.38. The van der Waals surface area contributed by atoms with Gasteiger partial charge in [0.05, 0.1) is 24.8 Å². The van der Waals surface area contributed by atoms with Gasteiger partial charge >= 0.3 is 0 Å². The lowest BCUT2D eigenvalue weighted by atomic mass is 10.2. The van der Waals surface area contributed by atoms with E-state index in [0.29, 0.717) is 18.7 Å². The van der Waals surface area contributed by atoms with Gasteiger partial charge in [0.15, 0.2) is 0 Å². The summed E-state index contributed by atoms with van der Waals surface area (Å²) in [5.41, 5.74) is 1.46. The number of pyridine rings is 1. The number of hydrogen-bond donors (Lipinski definition) is 1. The minimum atomic E-state index is 0.624. The highest BCUT2D eigenvalue weighted by atomic mass is 16.5. The molecule has 1 heterocycles. The van der Waals surface area contributed by atoms with Crippen LogP contribution < -0.4 is 5.32 Å². The number of ether oxygens (including phenoxy) is 1. The third-order valence-electron chi connectivity index (χ3n) is 2.32. The van der Waals surface area contributed by atoms with E-state index in [-0.39, 0.29) is 0 Å². The standard InChI is InChI=1S/C13H20N4O/c1-11-8-12(10-14)9-13(16-11)15-4-6-18-7-5-17(2)3/h8-9H,4-7H2,1-3H3,(H,15,16). The van der Waals surface area contributed by atoms with Crippen LogP contribution in [0.1, 0.15) is 11.3 Å². The molecule has 1 rings (SSSR count). The van der Waals surface area contributed by atoms with Crippen molar-refractivity contribution in [2.45, 2.75) is 6.92 Å². The van der Waals surface area contributed by atoms with Gasteiger partial charge in [-0.25, -0.2) is 4.98 Å². The van der Waals surface area contributed by atoms with Gasteiger partial charge in [-0.1, -0.05) is 0 Å². The predicted octanol–water partition coefficient (Wildman–Crippen LogP) is 1.25. The Balaban J connectivity index is 2.27. The molecule has 1 aromatic rings. The van der Waals surface area contributed by atoms with Gasteiger partial charge in [-0.2, -0.15) is 5.26 Å². The van der Waals surface area contributed by atoms with Crippen molar-refractivity contribution in [3.63, 3.8) is 0 Å². The minimum absolute atomic E-state index is 0.624. The lowest BCUT2D eigenvalue weighted by molar-refractivity contribution is 0.126. The van der Waals surface area contributed by atoms with E-state index < -0.39 is 0 Å². The molecule has 0 spiro atoms. The molecule has 0 amide bonds. The highest BCUT2D eigenvalue weighted by molar-refractivity contribution is 5.44. The molecule has 0 fully saturated rings. The number of rotatable bonds is 7. The SMILES string of the molecule is Cc1cc(C#N)cc(NCCOCCN(C)C)n1. The molecule has 1 aromatic heterocycles. The van der Waals surface area contributed by atoms with Gasteiger partial charge in [-0.05, 0) is 33.2 Å². The van der Waals surface area contributed by atoms with Crippen LogP contribution in [0.4, 0.5) is 5.82 Å². The van der Waals surface area contributed by atoms with E-state index in [1.807, 2.05) is 21.0 Å². The molecule has 0 aliphatic carbocycles. The molecule has 0 saturated heterocycles. The Kier molecular flexibility index (Phi) is 6.12. The molecule has 1 N–H and O–H groups in total. The number of aryl methyl sites for hydroxylation is 1. The summed E-state index contributed by atoms with van der Waals surface area (Å²) in [6.45, 7) is 4.83. The molecule has 0 radical (unpaired) electrons. The lowest BCUT2D eigenvalue weighted by Crippen LogP contribution is -2.20. The fraction of sp³-hybridized carbons (Fsp3) is 0.538. The summed E-state index contributed by atoms with van der Waals surface area (Å²) >= 11 is 0. The normalized spacial score (nSPS) is 10.4. The first-order valence-electron chi connectivity index (χ1n) is 5.97. The van der Waals surface area contributed by atoms with Gasteiger partial charge in [0, 0.05) is 18.8 Å². The van der Waals surface area contributed by atoms with Gasteiger partial charge < -0.3 is 15.0 Å². The topological polar surface area (TPSA) is 61.2 Å². The predicted molar refractivity (Wildman–Crippen MR) is 71.6 cm³/mol. The summed E-state index contributed by atoms with van der Waals surface area (Å²) in [6.07, 6.45) is 0. The van der Waals surface area contributed by atoms with Crippen molar-refractivity contribution in [3.8, 4) is 6.07 Å². The molecular weight excluding hydrogens is 228 g/mol. The largest absolute Gasteiger partial charge is 0.378 e. The molecule has 0 aliphatic heterocycles. The zero-order valence-corrected chi connectivity index (χ0v) is 11.2. The van der Waals surface area contributed by atoms with Crippen molar-refractivity contribution < 1.29 is 4.74 Å². The van der Waals surface area contributed by atoms with Gasteiger partial charge in [-0.3, -0.25) is 0 Å². The lowest BCUT2D eigenvalue weighted by Gasteiger charge is -2.10. The van der Waals surface area contributed by atoms with Crippen molar-refractivity contribution >= 4 is 5.82 Å². The highest BCUT2D eigenvalue weighted by Crippen LogP contribution is 2.08. The van der Waals surface area contributed by atoms with E-state index in [2.05, 4.69) is 21.3 Å². The van der Waals surface area contributed by atoms with Crippen LogP contribution >= 0.6 is 0 Å².